The van der Waals surface area contributed by atoms with E-state index in [0.29, 0.717) is 23.4 Å². The molecule has 1 amide bonds. The van der Waals surface area contributed by atoms with Gasteiger partial charge in [0, 0.05) is 5.39 Å². The lowest BCUT2D eigenvalue weighted by Crippen LogP contribution is -2.35. The molecule has 7 nitrogen and oxygen atoms in total. The van der Waals surface area contributed by atoms with Crippen molar-refractivity contribution in [1.29, 1.82) is 0 Å². The second-order valence-corrected chi connectivity index (χ2v) is 8.32. The van der Waals surface area contributed by atoms with Crippen LogP contribution < -0.4 is 9.47 Å². The first-order chi connectivity index (χ1) is 17.2. The maximum absolute atomic E-state index is 12.7. The molecule has 5 aromatic rings. The number of carbonyl (C=O) groups is 1. The third kappa shape index (κ3) is 3.77. The van der Waals surface area contributed by atoms with Gasteiger partial charge < -0.3 is 19.1 Å². The number of fused-ring (bicyclic) bond motifs is 3. The second-order valence-electron chi connectivity index (χ2n) is 8.32. The number of ether oxygens (including phenoxy) is 2. The zero-order valence-corrected chi connectivity index (χ0v) is 18.7. The number of azo groups is 1. The standard InChI is InChI=1S/C28H21N3O4/c32-27(25-17-34-23-14-5-6-15-24(23)35-25)30-29-26-21-12-3-4-13-22(21)31(28(26)33)16-19-10-7-9-18-8-1-2-11-20(18)19/h1-15,25,33H,16-17H2. The third-order valence-electron chi connectivity index (χ3n) is 6.16. The molecule has 2 heterocycles. The molecule has 0 fully saturated rings. The quantitative estimate of drug-likeness (QED) is 0.331. The van der Waals surface area contributed by atoms with Gasteiger partial charge in [0.25, 0.3) is 0 Å². The van der Waals surface area contributed by atoms with Crippen LogP contribution in [0.3, 0.4) is 0 Å². The van der Waals surface area contributed by atoms with Gasteiger partial charge in [-0.15, -0.1) is 10.2 Å². The number of benzene rings is 4. The van der Waals surface area contributed by atoms with Crippen LogP contribution in [0.1, 0.15) is 5.56 Å². The van der Waals surface area contributed by atoms with Crippen LogP contribution in [0, 0.1) is 0 Å². The minimum Gasteiger partial charge on any atom is -0.493 e. The SMILES string of the molecule is O=C(N=Nc1c(O)n(Cc2cccc3ccccc23)c2ccccc12)C1COc2ccccc2O1. The van der Waals surface area contributed by atoms with Gasteiger partial charge in [-0.3, -0.25) is 4.79 Å². The van der Waals surface area contributed by atoms with Gasteiger partial charge in [0.05, 0.1) is 12.1 Å². The lowest BCUT2D eigenvalue weighted by Gasteiger charge is -2.23. The van der Waals surface area contributed by atoms with Crippen molar-refractivity contribution < 1.29 is 19.4 Å². The van der Waals surface area contributed by atoms with Gasteiger partial charge in [-0.25, -0.2) is 0 Å². The van der Waals surface area contributed by atoms with Gasteiger partial charge in [-0.2, -0.15) is 0 Å². The normalized spacial score (nSPS) is 15.1. The predicted molar refractivity (Wildman–Crippen MR) is 133 cm³/mol. The lowest BCUT2D eigenvalue weighted by atomic mass is 10.0. The van der Waals surface area contributed by atoms with E-state index in [4.69, 9.17) is 9.47 Å². The molecule has 1 aliphatic heterocycles. The summed E-state index contributed by atoms with van der Waals surface area (Å²) in [6.45, 7) is 0.483. The van der Waals surface area contributed by atoms with Crippen molar-refractivity contribution in [2.24, 2.45) is 10.2 Å². The summed E-state index contributed by atoms with van der Waals surface area (Å²) in [5.41, 5.74) is 2.10. The molecule has 0 saturated carbocycles. The summed E-state index contributed by atoms with van der Waals surface area (Å²) in [6, 6.07) is 28.9. The Bertz CT molecular complexity index is 1600. The third-order valence-corrected chi connectivity index (χ3v) is 6.16. The first kappa shape index (κ1) is 20.9. The lowest BCUT2D eigenvalue weighted by molar-refractivity contribution is -0.127. The van der Waals surface area contributed by atoms with Gasteiger partial charge in [0.1, 0.15) is 6.61 Å². The molecule has 35 heavy (non-hydrogen) atoms. The monoisotopic (exact) mass is 463 g/mol. The first-order valence-electron chi connectivity index (χ1n) is 11.3. The number of rotatable bonds is 4. The van der Waals surface area contributed by atoms with Crippen LogP contribution in [0.2, 0.25) is 0 Å². The Labute approximate surface area is 200 Å². The number of carbonyl (C=O) groups excluding carboxylic acids is 1. The fourth-order valence-corrected chi connectivity index (χ4v) is 4.44. The van der Waals surface area contributed by atoms with E-state index in [1.54, 1.807) is 22.8 Å². The Kier molecular flexibility index (Phi) is 5.15. The van der Waals surface area contributed by atoms with E-state index in [1.807, 2.05) is 54.6 Å². The Morgan fingerprint density at radius 1 is 0.886 bits per heavy atom. The average Bonchev–Trinajstić information content (AvgIpc) is 3.17. The molecular weight excluding hydrogens is 442 g/mol. The van der Waals surface area contributed by atoms with Crippen molar-refractivity contribution in [2.45, 2.75) is 12.6 Å². The van der Waals surface area contributed by atoms with Crippen LogP contribution in [0.5, 0.6) is 17.4 Å². The van der Waals surface area contributed by atoms with E-state index in [1.165, 1.54) is 0 Å². The van der Waals surface area contributed by atoms with Gasteiger partial charge >= 0.3 is 5.91 Å². The number of hydrogen-bond acceptors (Lipinski definition) is 5. The topological polar surface area (TPSA) is 85.4 Å². The Morgan fingerprint density at radius 3 is 2.49 bits per heavy atom. The summed E-state index contributed by atoms with van der Waals surface area (Å²) in [5.74, 6) is 0.441. The van der Waals surface area contributed by atoms with Crippen LogP contribution in [0.4, 0.5) is 5.69 Å². The predicted octanol–water partition coefficient (Wildman–Crippen LogP) is 6.00. The maximum atomic E-state index is 12.7. The molecule has 6 rings (SSSR count). The Morgan fingerprint density at radius 2 is 1.60 bits per heavy atom. The van der Waals surface area contributed by atoms with Crippen LogP contribution in [0.25, 0.3) is 21.7 Å². The highest BCUT2D eigenvalue weighted by Crippen LogP contribution is 2.40. The zero-order valence-electron chi connectivity index (χ0n) is 18.7. The number of aromatic nitrogens is 1. The first-order valence-corrected chi connectivity index (χ1v) is 11.3. The maximum Gasteiger partial charge on any atom is 0.308 e. The number of para-hydroxylation sites is 3. The molecule has 1 N–H and O–H groups in total. The number of nitrogens with zero attached hydrogens (tertiary/aromatic N) is 3. The molecule has 7 heteroatoms. The van der Waals surface area contributed by atoms with Gasteiger partial charge in [0.15, 0.2) is 17.2 Å². The molecule has 0 aliphatic carbocycles. The summed E-state index contributed by atoms with van der Waals surface area (Å²) in [5, 5.41) is 22.1. The summed E-state index contributed by atoms with van der Waals surface area (Å²) in [4.78, 5) is 12.7. The molecular formula is C28H21N3O4. The van der Waals surface area contributed by atoms with Gasteiger partial charge in [-0.1, -0.05) is 72.8 Å². The molecule has 1 aliphatic rings. The zero-order chi connectivity index (χ0) is 23.8. The molecule has 1 atom stereocenters. The van der Waals surface area contributed by atoms with Crippen molar-refractivity contribution in [3.63, 3.8) is 0 Å². The molecule has 0 spiro atoms. The van der Waals surface area contributed by atoms with Crippen LogP contribution >= 0.6 is 0 Å². The van der Waals surface area contributed by atoms with Crippen molar-refractivity contribution in [3.8, 4) is 17.4 Å². The summed E-state index contributed by atoms with van der Waals surface area (Å²) in [7, 11) is 0. The van der Waals surface area contributed by atoms with E-state index in [2.05, 4.69) is 28.4 Å². The highest BCUT2D eigenvalue weighted by atomic mass is 16.6. The fraction of sp³-hybridized carbons (Fsp3) is 0.107. The summed E-state index contributed by atoms with van der Waals surface area (Å²) >= 11 is 0. The largest absolute Gasteiger partial charge is 0.493 e. The molecule has 172 valence electrons. The summed E-state index contributed by atoms with van der Waals surface area (Å²) in [6.07, 6.45) is -0.903. The number of hydrogen-bond donors (Lipinski definition) is 1. The van der Waals surface area contributed by atoms with Crippen LogP contribution in [0.15, 0.2) is 101 Å². The van der Waals surface area contributed by atoms with E-state index in [-0.39, 0.29) is 18.2 Å². The van der Waals surface area contributed by atoms with Crippen LogP contribution in [-0.4, -0.2) is 28.3 Å². The van der Waals surface area contributed by atoms with Crippen molar-refractivity contribution in [2.75, 3.05) is 6.61 Å². The molecule has 4 aromatic carbocycles. The number of amides is 1. The van der Waals surface area contributed by atoms with Crippen molar-refractivity contribution >= 4 is 33.3 Å². The smallest absolute Gasteiger partial charge is 0.308 e. The summed E-state index contributed by atoms with van der Waals surface area (Å²) < 4.78 is 13.1. The molecule has 0 radical (unpaired) electrons. The molecule has 1 unspecified atom stereocenters. The number of aromatic hydroxyl groups is 1. The second kappa shape index (κ2) is 8.61. The minimum absolute atomic E-state index is 0.0453. The van der Waals surface area contributed by atoms with E-state index in [0.717, 1.165) is 21.9 Å². The fourth-order valence-electron chi connectivity index (χ4n) is 4.44. The van der Waals surface area contributed by atoms with Crippen molar-refractivity contribution in [1.82, 2.24) is 4.57 Å². The van der Waals surface area contributed by atoms with Gasteiger partial charge in [-0.05, 0) is 34.5 Å². The molecule has 0 saturated heterocycles. The van der Waals surface area contributed by atoms with E-state index >= 15 is 0 Å². The molecule has 1 aromatic heterocycles. The average molecular weight is 463 g/mol. The van der Waals surface area contributed by atoms with Crippen molar-refractivity contribution in [3.05, 3.63) is 96.6 Å². The molecule has 0 bridgehead atoms. The van der Waals surface area contributed by atoms with E-state index in [9.17, 15) is 9.90 Å². The van der Waals surface area contributed by atoms with E-state index < -0.39 is 12.0 Å². The van der Waals surface area contributed by atoms with Crippen LogP contribution in [-0.2, 0) is 11.3 Å². The highest BCUT2D eigenvalue weighted by molar-refractivity contribution is 5.96. The Hall–Kier alpha value is -4.65. The Balaban J connectivity index is 1.33. The highest BCUT2D eigenvalue weighted by Gasteiger charge is 2.28. The van der Waals surface area contributed by atoms with Gasteiger partial charge in [0.2, 0.25) is 12.0 Å². The minimum atomic E-state index is -0.903.